The molecule has 0 fully saturated rings. The predicted octanol–water partition coefficient (Wildman–Crippen LogP) is 6.28. The Labute approximate surface area is 227 Å². The van der Waals surface area contributed by atoms with Crippen LogP contribution in [0.25, 0.3) is 6.08 Å². The molecule has 3 aromatic rings. The number of nitriles is 1. The van der Waals surface area contributed by atoms with Crippen LogP contribution in [0, 0.1) is 28.7 Å². The number of carbonyl (C=O) groups is 2. The van der Waals surface area contributed by atoms with Crippen molar-refractivity contribution in [3.05, 3.63) is 78.7 Å². The topological polar surface area (TPSA) is 97.7 Å². The Balaban J connectivity index is 1.86. The molecule has 9 heteroatoms. The minimum atomic E-state index is -0.623. The van der Waals surface area contributed by atoms with E-state index in [1.54, 1.807) is 26.0 Å². The van der Waals surface area contributed by atoms with Crippen LogP contribution in [0.1, 0.15) is 38.8 Å². The molecule has 3 rings (SSSR count). The molecule has 0 radical (unpaired) electrons. The van der Waals surface area contributed by atoms with Crippen LogP contribution in [0.15, 0.2) is 48.0 Å². The first kappa shape index (κ1) is 27.2. The van der Waals surface area contributed by atoms with Crippen molar-refractivity contribution in [2.24, 2.45) is 0 Å². The number of benzene rings is 2. The number of amides is 1. The van der Waals surface area contributed by atoms with E-state index in [1.165, 1.54) is 24.5 Å². The van der Waals surface area contributed by atoms with Crippen molar-refractivity contribution < 1.29 is 23.8 Å². The van der Waals surface area contributed by atoms with Crippen LogP contribution < -0.4 is 14.8 Å². The molecule has 7 nitrogen and oxygen atoms in total. The molecule has 1 aromatic heterocycles. The standard InChI is InChI=1S/C27H25IN2O5S/c1-5-34-27(32)23-16(2)17(3)36-26(23)30-25(31)20(14-29)11-19-12-21(28)24(22(13-19)33-4)35-15-18-9-7-6-8-10-18/h6-13H,5,15H2,1-4H3,(H,30,31)/b20-11+. The summed E-state index contributed by atoms with van der Waals surface area (Å²) in [6.07, 6.45) is 1.47. The largest absolute Gasteiger partial charge is 0.493 e. The average molecular weight is 616 g/mol. The van der Waals surface area contributed by atoms with Crippen LogP contribution >= 0.6 is 33.9 Å². The molecule has 0 aliphatic carbocycles. The molecule has 0 spiro atoms. The van der Waals surface area contributed by atoms with E-state index in [4.69, 9.17) is 14.2 Å². The molecule has 1 N–H and O–H groups in total. The predicted molar refractivity (Wildman–Crippen MR) is 148 cm³/mol. The average Bonchev–Trinajstić information content (AvgIpc) is 3.14. The number of anilines is 1. The van der Waals surface area contributed by atoms with Crippen molar-refractivity contribution in [1.29, 1.82) is 5.26 Å². The number of thiophene rings is 1. The van der Waals surface area contributed by atoms with Crippen LogP contribution in [0.4, 0.5) is 5.00 Å². The van der Waals surface area contributed by atoms with Crippen LogP contribution in [0.2, 0.25) is 0 Å². The van der Waals surface area contributed by atoms with Gasteiger partial charge in [-0.3, -0.25) is 4.79 Å². The third-order valence-electron chi connectivity index (χ3n) is 5.25. The lowest BCUT2D eigenvalue weighted by Gasteiger charge is -2.14. The maximum Gasteiger partial charge on any atom is 0.341 e. The first-order valence-corrected chi connectivity index (χ1v) is 12.9. The van der Waals surface area contributed by atoms with E-state index in [0.29, 0.717) is 34.2 Å². The van der Waals surface area contributed by atoms with E-state index < -0.39 is 11.9 Å². The van der Waals surface area contributed by atoms with Gasteiger partial charge in [0.15, 0.2) is 11.5 Å². The summed E-state index contributed by atoms with van der Waals surface area (Å²) in [5.41, 5.74) is 2.54. The molecule has 0 saturated heterocycles. The summed E-state index contributed by atoms with van der Waals surface area (Å²) >= 11 is 3.40. The number of aryl methyl sites for hydroxylation is 1. The number of methoxy groups -OCH3 is 1. The van der Waals surface area contributed by atoms with E-state index in [0.717, 1.165) is 19.6 Å². The second-order valence-corrected chi connectivity index (χ2v) is 10.0. The Morgan fingerprint density at radius 1 is 1.19 bits per heavy atom. The van der Waals surface area contributed by atoms with Crippen molar-refractivity contribution in [3.63, 3.8) is 0 Å². The van der Waals surface area contributed by atoms with Crippen molar-refractivity contribution in [2.45, 2.75) is 27.4 Å². The van der Waals surface area contributed by atoms with Crippen molar-refractivity contribution in [3.8, 4) is 17.6 Å². The van der Waals surface area contributed by atoms with E-state index >= 15 is 0 Å². The zero-order valence-corrected chi connectivity index (χ0v) is 23.3. The van der Waals surface area contributed by atoms with Gasteiger partial charge in [-0.1, -0.05) is 30.3 Å². The maximum atomic E-state index is 13.0. The minimum Gasteiger partial charge on any atom is -0.493 e. The summed E-state index contributed by atoms with van der Waals surface area (Å²) in [5, 5.41) is 12.8. The van der Waals surface area contributed by atoms with E-state index in [-0.39, 0.29) is 12.2 Å². The number of halogens is 1. The zero-order chi connectivity index (χ0) is 26.2. The van der Waals surface area contributed by atoms with Crippen LogP contribution in [-0.2, 0) is 16.1 Å². The van der Waals surface area contributed by atoms with Gasteiger partial charge in [0, 0.05) is 4.88 Å². The number of rotatable bonds is 9. The highest BCUT2D eigenvalue weighted by atomic mass is 127. The Morgan fingerprint density at radius 3 is 2.56 bits per heavy atom. The molecule has 0 aliphatic rings. The van der Waals surface area contributed by atoms with Gasteiger partial charge in [0.05, 0.1) is 22.9 Å². The van der Waals surface area contributed by atoms with Gasteiger partial charge in [0.2, 0.25) is 0 Å². The summed E-state index contributed by atoms with van der Waals surface area (Å²) in [5.74, 6) is -0.0771. The summed E-state index contributed by atoms with van der Waals surface area (Å²) < 4.78 is 17.4. The van der Waals surface area contributed by atoms with Gasteiger partial charge in [0.25, 0.3) is 5.91 Å². The van der Waals surface area contributed by atoms with Gasteiger partial charge >= 0.3 is 5.97 Å². The highest BCUT2D eigenvalue weighted by Gasteiger charge is 2.23. The van der Waals surface area contributed by atoms with Crippen LogP contribution in [0.5, 0.6) is 11.5 Å². The summed E-state index contributed by atoms with van der Waals surface area (Å²) in [4.78, 5) is 26.3. The van der Waals surface area contributed by atoms with E-state index in [2.05, 4.69) is 27.9 Å². The van der Waals surface area contributed by atoms with Crippen LogP contribution in [-0.4, -0.2) is 25.6 Å². The third-order valence-corrected chi connectivity index (χ3v) is 7.17. The number of nitrogens with one attached hydrogen (secondary N) is 1. The number of carbonyl (C=O) groups excluding carboxylic acids is 2. The quantitative estimate of drug-likeness (QED) is 0.132. The molecule has 0 bridgehead atoms. The van der Waals surface area contributed by atoms with Crippen molar-refractivity contribution in [2.75, 3.05) is 19.0 Å². The highest BCUT2D eigenvalue weighted by molar-refractivity contribution is 14.1. The Kier molecular flexibility index (Phi) is 9.50. The number of esters is 1. The highest BCUT2D eigenvalue weighted by Crippen LogP contribution is 2.36. The van der Waals surface area contributed by atoms with Crippen molar-refractivity contribution in [1.82, 2.24) is 0 Å². The lowest BCUT2D eigenvalue weighted by atomic mass is 10.1. The van der Waals surface area contributed by atoms with Gasteiger partial charge in [-0.25, -0.2) is 4.79 Å². The van der Waals surface area contributed by atoms with Crippen LogP contribution in [0.3, 0.4) is 0 Å². The molecule has 1 amide bonds. The fourth-order valence-electron chi connectivity index (χ4n) is 3.34. The first-order valence-electron chi connectivity index (χ1n) is 11.0. The monoisotopic (exact) mass is 616 g/mol. The second-order valence-electron chi connectivity index (χ2n) is 7.64. The van der Waals surface area contributed by atoms with Gasteiger partial charge in [-0.05, 0) is 78.3 Å². The van der Waals surface area contributed by atoms with Gasteiger partial charge in [-0.2, -0.15) is 5.26 Å². The fraction of sp³-hybridized carbons (Fsp3) is 0.222. The normalized spacial score (nSPS) is 10.9. The Hall–Kier alpha value is -3.36. The third kappa shape index (κ3) is 6.44. The fourth-order valence-corrected chi connectivity index (χ4v) is 5.17. The molecule has 2 aromatic carbocycles. The Morgan fingerprint density at radius 2 is 1.92 bits per heavy atom. The lowest BCUT2D eigenvalue weighted by Crippen LogP contribution is -2.16. The molecule has 0 unspecified atom stereocenters. The molecule has 1 heterocycles. The Bertz CT molecular complexity index is 1340. The molecule has 0 atom stereocenters. The molecular weight excluding hydrogens is 591 g/mol. The smallest absolute Gasteiger partial charge is 0.341 e. The number of hydrogen-bond acceptors (Lipinski definition) is 7. The SMILES string of the molecule is CCOC(=O)c1c(NC(=O)/C(C#N)=C/c2cc(I)c(OCc3ccccc3)c(OC)c2)sc(C)c1C. The van der Waals surface area contributed by atoms with Crippen molar-refractivity contribution >= 4 is 56.9 Å². The van der Waals surface area contributed by atoms with E-state index in [1.807, 2.05) is 43.3 Å². The lowest BCUT2D eigenvalue weighted by molar-refractivity contribution is -0.112. The second kappa shape index (κ2) is 12.6. The van der Waals surface area contributed by atoms with Gasteiger partial charge in [-0.15, -0.1) is 11.3 Å². The maximum absolute atomic E-state index is 13.0. The molecule has 0 saturated carbocycles. The molecule has 186 valence electrons. The number of nitrogens with zero attached hydrogens (tertiary/aromatic N) is 1. The number of hydrogen-bond donors (Lipinski definition) is 1. The summed E-state index contributed by atoms with van der Waals surface area (Å²) in [6, 6.07) is 15.2. The summed E-state index contributed by atoms with van der Waals surface area (Å²) in [7, 11) is 1.53. The molecule has 36 heavy (non-hydrogen) atoms. The van der Waals surface area contributed by atoms with Gasteiger partial charge in [0.1, 0.15) is 23.3 Å². The minimum absolute atomic E-state index is 0.121. The first-order chi connectivity index (χ1) is 17.3. The summed E-state index contributed by atoms with van der Waals surface area (Å²) in [6.45, 7) is 5.96. The molecule has 0 aliphatic heterocycles. The molecular formula is C27H25IN2O5S. The van der Waals surface area contributed by atoms with Gasteiger partial charge < -0.3 is 19.5 Å². The zero-order valence-electron chi connectivity index (χ0n) is 20.3. The van der Waals surface area contributed by atoms with E-state index in [9.17, 15) is 14.9 Å². The number of ether oxygens (including phenoxy) is 3.